The van der Waals surface area contributed by atoms with Crippen molar-refractivity contribution in [1.29, 1.82) is 0 Å². The van der Waals surface area contributed by atoms with Gasteiger partial charge in [0.2, 0.25) is 10.0 Å². The molecule has 1 saturated heterocycles. The zero-order valence-corrected chi connectivity index (χ0v) is 13.0. The maximum absolute atomic E-state index is 12.0. The lowest BCUT2D eigenvalue weighted by Gasteiger charge is -2.18. The van der Waals surface area contributed by atoms with Gasteiger partial charge in [0.1, 0.15) is 10.7 Å². The Kier molecular flexibility index (Phi) is 4.62. The first-order chi connectivity index (χ1) is 9.45. The number of sulfonamides is 1. The van der Waals surface area contributed by atoms with Crippen molar-refractivity contribution in [2.75, 3.05) is 45.7 Å². The summed E-state index contributed by atoms with van der Waals surface area (Å²) in [5, 5.41) is 3.19. The summed E-state index contributed by atoms with van der Waals surface area (Å²) >= 11 is 0. The van der Waals surface area contributed by atoms with Crippen LogP contribution >= 0.6 is 0 Å². The van der Waals surface area contributed by atoms with Gasteiger partial charge in [-0.05, 0) is 38.1 Å². The van der Waals surface area contributed by atoms with Crippen molar-refractivity contribution in [2.24, 2.45) is 5.92 Å². The second-order valence-electron chi connectivity index (χ2n) is 5.30. The van der Waals surface area contributed by atoms with Crippen LogP contribution in [0.3, 0.4) is 0 Å². The SMILES string of the molecule is CNCC1CCN(c2ccc(S(=O)(=O)N(C)C)cn2)C1. The second kappa shape index (κ2) is 6.07. The molecule has 20 heavy (non-hydrogen) atoms. The van der Waals surface area contributed by atoms with Gasteiger partial charge in [0.25, 0.3) is 0 Å². The van der Waals surface area contributed by atoms with Crippen LogP contribution in [0.1, 0.15) is 6.42 Å². The summed E-state index contributed by atoms with van der Waals surface area (Å²) in [6.45, 7) is 2.94. The van der Waals surface area contributed by atoms with Crippen LogP contribution in [-0.2, 0) is 10.0 Å². The Morgan fingerprint density at radius 1 is 1.45 bits per heavy atom. The van der Waals surface area contributed by atoms with E-state index in [0.29, 0.717) is 5.92 Å². The van der Waals surface area contributed by atoms with E-state index in [0.717, 1.165) is 31.9 Å². The number of nitrogens with one attached hydrogen (secondary N) is 1. The van der Waals surface area contributed by atoms with Crippen LogP contribution in [0, 0.1) is 5.92 Å². The molecule has 112 valence electrons. The third-order valence-corrected chi connectivity index (χ3v) is 5.40. The minimum absolute atomic E-state index is 0.234. The molecule has 0 aliphatic carbocycles. The Hall–Kier alpha value is -1.18. The fourth-order valence-electron chi connectivity index (χ4n) is 2.42. The highest BCUT2D eigenvalue weighted by Crippen LogP contribution is 2.23. The van der Waals surface area contributed by atoms with Crippen LogP contribution in [0.4, 0.5) is 5.82 Å². The van der Waals surface area contributed by atoms with Gasteiger partial charge in [0, 0.05) is 33.4 Å². The van der Waals surface area contributed by atoms with E-state index in [2.05, 4.69) is 15.2 Å². The van der Waals surface area contributed by atoms with Gasteiger partial charge >= 0.3 is 0 Å². The van der Waals surface area contributed by atoms with Crippen LogP contribution in [0.2, 0.25) is 0 Å². The lowest BCUT2D eigenvalue weighted by Crippen LogP contribution is -2.25. The molecule has 1 fully saturated rings. The lowest BCUT2D eigenvalue weighted by molar-refractivity contribution is 0.520. The fraction of sp³-hybridized carbons (Fsp3) is 0.615. The molecule has 0 aromatic carbocycles. The Labute approximate surface area is 120 Å². The van der Waals surface area contributed by atoms with E-state index in [4.69, 9.17) is 0 Å². The average molecular weight is 298 g/mol. The molecular weight excluding hydrogens is 276 g/mol. The summed E-state index contributed by atoms with van der Waals surface area (Å²) in [4.78, 5) is 6.74. The first-order valence-corrected chi connectivity index (χ1v) is 8.17. The second-order valence-corrected chi connectivity index (χ2v) is 7.45. The maximum atomic E-state index is 12.0. The van der Waals surface area contributed by atoms with E-state index in [9.17, 15) is 8.42 Å². The maximum Gasteiger partial charge on any atom is 0.244 e. The fourth-order valence-corrected chi connectivity index (χ4v) is 3.27. The molecule has 1 aromatic rings. The number of nitrogens with zero attached hydrogens (tertiary/aromatic N) is 3. The van der Waals surface area contributed by atoms with Crippen molar-refractivity contribution < 1.29 is 8.42 Å². The van der Waals surface area contributed by atoms with Gasteiger partial charge in [-0.25, -0.2) is 17.7 Å². The monoisotopic (exact) mass is 298 g/mol. The standard InChI is InChI=1S/C13H22N4O2S/c1-14-8-11-6-7-17(10-11)13-5-4-12(9-15-13)20(18,19)16(2)3/h4-5,9,11,14H,6-8,10H2,1-3H3. The Balaban J connectivity index is 2.10. The number of aromatic nitrogens is 1. The molecule has 0 amide bonds. The van der Waals surface area contributed by atoms with E-state index in [1.807, 2.05) is 7.05 Å². The summed E-state index contributed by atoms with van der Waals surface area (Å²) < 4.78 is 25.1. The van der Waals surface area contributed by atoms with Gasteiger partial charge in [-0.1, -0.05) is 0 Å². The number of anilines is 1. The summed E-state index contributed by atoms with van der Waals surface area (Å²) in [5.41, 5.74) is 0. The number of hydrogen-bond donors (Lipinski definition) is 1. The van der Waals surface area contributed by atoms with Crippen LogP contribution in [0.15, 0.2) is 23.2 Å². The highest BCUT2D eigenvalue weighted by atomic mass is 32.2. The van der Waals surface area contributed by atoms with Gasteiger partial charge in [-0.2, -0.15) is 0 Å². The molecule has 7 heteroatoms. The summed E-state index contributed by atoms with van der Waals surface area (Å²) in [5.74, 6) is 1.48. The van der Waals surface area contributed by atoms with Crippen LogP contribution < -0.4 is 10.2 Å². The third-order valence-electron chi connectivity index (χ3n) is 3.60. The topological polar surface area (TPSA) is 65.5 Å². The number of hydrogen-bond acceptors (Lipinski definition) is 5. The largest absolute Gasteiger partial charge is 0.356 e. The predicted molar refractivity (Wildman–Crippen MR) is 79.4 cm³/mol. The van der Waals surface area contributed by atoms with E-state index in [-0.39, 0.29) is 4.90 Å². The number of pyridine rings is 1. The molecule has 2 heterocycles. The normalized spacial score (nSPS) is 19.8. The van der Waals surface area contributed by atoms with Crippen LogP contribution in [-0.4, -0.2) is 58.5 Å². The molecule has 1 atom stereocenters. The van der Waals surface area contributed by atoms with Crippen molar-refractivity contribution in [3.05, 3.63) is 18.3 Å². The molecule has 1 N–H and O–H groups in total. The van der Waals surface area contributed by atoms with Crippen molar-refractivity contribution in [2.45, 2.75) is 11.3 Å². The Morgan fingerprint density at radius 2 is 2.20 bits per heavy atom. The lowest BCUT2D eigenvalue weighted by atomic mass is 10.1. The quantitative estimate of drug-likeness (QED) is 0.851. The molecule has 1 aliphatic heterocycles. The van der Waals surface area contributed by atoms with Crippen LogP contribution in [0.5, 0.6) is 0 Å². The molecule has 2 rings (SSSR count). The van der Waals surface area contributed by atoms with Gasteiger partial charge in [0.05, 0.1) is 0 Å². The summed E-state index contributed by atoms with van der Waals surface area (Å²) in [7, 11) is 1.61. The number of rotatable bonds is 5. The zero-order chi connectivity index (χ0) is 14.8. The molecule has 0 bridgehead atoms. The Bertz CT molecular complexity index is 542. The smallest absolute Gasteiger partial charge is 0.244 e. The van der Waals surface area contributed by atoms with Gasteiger partial charge in [-0.3, -0.25) is 0 Å². The molecule has 1 aromatic heterocycles. The van der Waals surface area contributed by atoms with Crippen molar-refractivity contribution in [3.63, 3.8) is 0 Å². The van der Waals surface area contributed by atoms with E-state index >= 15 is 0 Å². The molecule has 0 saturated carbocycles. The van der Waals surface area contributed by atoms with Gasteiger partial charge in [0.15, 0.2) is 0 Å². The van der Waals surface area contributed by atoms with Crippen molar-refractivity contribution >= 4 is 15.8 Å². The summed E-state index contributed by atoms with van der Waals surface area (Å²) in [6.07, 6.45) is 2.58. The zero-order valence-electron chi connectivity index (χ0n) is 12.2. The van der Waals surface area contributed by atoms with Gasteiger partial charge in [-0.15, -0.1) is 0 Å². The third kappa shape index (κ3) is 3.11. The molecular formula is C13H22N4O2S. The van der Waals surface area contributed by atoms with Crippen molar-refractivity contribution in [1.82, 2.24) is 14.6 Å². The molecule has 0 radical (unpaired) electrons. The average Bonchev–Trinajstić information content (AvgIpc) is 2.88. The first kappa shape index (κ1) is 15.2. The molecule has 6 nitrogen and oxygen atoms in total. The molecule has 1 unspecified atom stereocenters. The molecule has 1 aliphatic rings. The van der Waals surface area contributed by atoms with Crippen molar-refractivity contribution in [3.8, 4) is 0 Å². The minimum atomic E-state index is -3.39. The van der Waals surface area contributed by atoms with Gasteiger partial charge < -0.3 is 10.2 Å². The van der Waals surface area contributed by atoms with E-state index in [1.54, 1.807) is 12.1 Å². The Morgan fingerprint density at radius 3 is 2.75 bits per heavy atom. The van der Waals surface area contributed by atoms with E-state index < -0.39 is 10.0 Å². The molecule has 0 spiro atoms. The minimum Gasteiger partial charge on any atom is -0.356 e. The predicted octanol–water partition coefficient (Wildman–Crippen LogP) is 0.378. The first-order valence-electron chi connectivity index (χ1n) is 6.73. The van der Waals surface area contributed by atoms with Crippen LogP contribution in [0.25, 0.3) is 0 Å². The highest BCUT2D eigenvalue weighted by molar-refractivity contribution is 7.89. The summed E-state index contributed by atoms with van der Waals surface area (Å²) in [6, 6.07) is 3.42. The highest BCUT2D eigenvalue weighted by Gasteiger charge is 2.23. The van der Waals surface area contributed by atoms with E-state index in [1.165, 1.54) is 24.6 Å².